The molecule has 6 heteroatoms. The van der Waals surface area contributed by atoms with Crippen LogP contribution in [0.3, 0.4) is 0 Å². The Hall–Kier alpha value is -1.56. The summed E-state index contributed by atoms with van der Waals surface area (Å²) < 4.78 is 0.786. The van der Waals surface area contributed by atoms with Crippen LogP contribution in [0.5, 0.6) is 0 Å². The zero-order valence-corrected chi connectivity index (χ0v) is 13.9. The van der Waals surface area contributed by atoms with Crippen molar-refractivity contribution in [3.05, 3.63) is 28.2 Å². The van der Waals surface area contributed by atoms with Crippen LogP contribution in [0.4, 0.5) is 5.69 Å². The topological polar surface area (TPSA) is 66.6 Å². The van der Waals surface area contributed by atoms with Gasteiger partial charge in [0, 0.05) is 48.8 Å². The maximum Gasteiger partial charge on any atom is 0.253 e. The lowest BCUT2D eigenvalue weighted by atomic mass is 9.95. The quantitative estimate of drug-likeness (QED) is 0.826. The number of hydrogen-bond acceptors (Lipinski definition) is 3. The van der Waals surface area contributed by atoms with E-state index in [1.165, 1.54) is 0 Å². The second-order valence-corrected chi connectivity index (χ2v) is 6.39. The van der Waals surface area contributed by atoms with E-state index in [0.717, 1.165) is 17.3 Å². The molecule has 0 aromatic heterocycles. The van der Waals surface area contributed by atoms with Crippen molar-refractivity contribution in [3.8, 4) is 0 Å². The Kier molecular flexibility index (Phi) is 4.88. The zero-order chi connectivity index (χ0) is 15.6. The van der Waals surface area contributed by atoms with Crippen molar-refractivity contribution >= 4 is 33.4 Å². The number of piperidine rings is 1. The van der Waals surface area contributed by atoms with Gasteiger partial charge in [-0.1, -0.05) is 0 Å². The van der Waals surface area contributed by atoms with Crippen molar-refractivity contribution in [2.45, 2.75) is 12.8 Å². The van der Waals surface area contributed by atoms with Gasteiger partial charge in [0.05, 0.1) is 0 Å². The predicted octanol–water partition coefficient (Wildman–Crippen LogP) is 1.97. The number of likely N-dealkylation sites (tertiary alicyclic amines) is 1. The lowest BCUT2D eigenvalue weighted by Gasteiger charge is -2.32. The molecule has 1 aromatic rings. The summed E-state index contributed by atoms with van der Waals surface area (Å²) in [6.07, 6.45) is 1.43. The number of hydrogen-bond donors (Lipinski definition) is 1. The van der Waals surface area contributed by atoms with Crippen molar-refractivity contribution < 1.29 is 9.59 Å². The summed E-state index contributed by atoms with van der Waals surface area (Å²) >= 11 is 3.32. The van der Waals surface area contributed by atoms with Crippen LogP contribution >= 0.6 is 15.9 Å². The van der Waals surface area contributed by atoms with E-state index < -0.39 is 0 Å². The van der Waals surface area contributed by atoms with Crippen molar-refractivity contribution in [3.63, 3.8) is 0 Å². The number of nitrogens with zero attached hydrogens (tertiary/aromatic N) is 2. The number of carbonyl (C=O) groups is 2. The smallest absolute Gasteiger partial charge is 0.253 e. The van der Waals surface area contributed by atoms with Gasteiger partial charge in [-0.25, -0.2) is 0 Å². The number of amides is 2. The lowest BCUT2D eigenvalue weighted by Crippen LogP contribution is -2.42. The Morgan fingerprint density at radius 1 is 1.29 bits per heavy atom. The van der Waals surface area contributed by atoms with Crippen LogP contribution in [-0.2, 0) is 4.79 Å². The summed E-state index contributed by atoms with van der Waals surface area (Å²) in [6, 6.07) is 5.23. The summed E-state index contributed by atoms with van der Waals surface area (Å²) in [5.74, 6) is 0.152. The maximum atomic E-state index is 12.4. The van der Waals surface area contributed by atoms with Crippen molar-refractivity contribution in [1.82, 2.24) is 9.80 Å². The fraction of sp³-hybridized carbons (Fsp3) is 0.467. The van der Waals surface area contributed by atoms with Crippen LogP contribution in [0.15, 0.2) is 22.7 Å². The van der Waals surface area contributed by atoms with Gasteiger partial charge in [-0.05, 0) is 47.0 Å². The van der Waals surface area contributed by atoms with Crippen LogP contribution in [0, 0.1) is 5.92 Å². The molecule has 0 unspecified atom stereocenters. The molecule has 0 saturated carbocycles. The van der Waals surface area contributed by atoms with Gasteiger partial charge in [0.2, 0.25) is 5.91 Å². The summed E-state index contributed by atoms with van der Waals surface area (Å²) in [6.45, 7) is 1.22. The van der Waals surface area contributed by atoms with Gasteiger partial charge in [0.15, 0.2) is 0 Å². The third-order valence-electron chi connectivity index (χ3n) is 3.82. The molecular weight excluding hydrogens is 334 g/mol. The SMILES string of the molecule is CN(C)C(=O)C1CCN(C(=O)c2ccc(Br)c(N)c2)CC1. The van der Waals surface area contributed by atoms with Crippen molar-refractivity contribution in [2.75, 3.05) is 32.9 Å². The van der Waals surface area contributed by atoms with E-state index in [0.29, 0.717) is 24.3 Å². The highest BCUT2D eigenvalue weighted by Gasteiger charge is 2.28. The fourth-order valence-electron chi connectivity index (χ4n) is 2.55. The average Bonchev–Trinajstić information content (AvgIpc) is 2.48. The van der Waals surface area contributed by atoms with E-state index in [-0.39, 0.29) is 17.7 Å². The molecule has 2 N–H and O–H groups in total. The highest BCUT2D eigenvalue weighted by Crippen LogP contribution is 2.24. The van der Waals surface area contributed by atoms with Crippen LogP contribution in [0.1, 0.15) is 23.2 Å². The van der Waals surface area contributed by atoms with Gasteiger partial charge in [-0.2, -0.15) is 0 Å². The highest BCUT2D eigenvalue weighted by atomic mass is 79.9. The standard InChI is InChI=1S/C15H20BrN3O2/c1-18(2)14(20)10-5-7-19(8-6-10)15(21)11-3-4-12(16)13(17)9-11/h3-4,9-10H,5-8,17H2,1-2H3. The number of carbonyl (C=O) groups excluding carboxylic acids is 2. The summed E-state index contributed by atoms with van der Waals surface area (Å²) in [5.41, 5.74) is 6.96. The van der Waals surface area contributed by atoms with Crippen LogP contribution in [0.25, 0.3) is 0 Å². The molecule has 21 heavy (non-hydrogen) atoms. The molecule has 1 saturated heterocycles. The number of nitrogen functional groups attached to an aromatic ring is 1. The Labute approximate surface area is 133 Å². The van der Waals surface area contributed by atoms with Gasteiger partial charge < -0.3 is 15.5 Å². The monoisotopic (exact) mass is 353 g/mol. The van der Waals surface area contributed by atoms with Crippen molar-refractivity contribution in [1.29, 1.82) is 0 Å². The van der Waals surface area contributed by atoms with Gasteiger partial charge in [-0.15, -0.1) is 0 Å². The Bertz CT molecular complexity index is 552. The first kappa shape index (κ1) is 15.8. The minimum absolute atomic E-state index is 0.0232. The van der Waals surface area contributed by atoms with E-state index in [9.17, 15) is 9.59 Å². The van der Waals surface area contributed by atoms with E-state index >= 15 is 0 Å². The zero-order valence-electron chi connectivity index (χ0n) is 12.3. The van der Waals surface area contributed by atoms with E-state index in [1.807, 2.05) is 0 Å². The fourth-order valence-corrected chi connectivity index (χ4v) is 2.80. The molecule has 1 aliphatic rings. The molecule has 114 valence electrons. The molecule has 0 bridgehead atoms. The molecule has 2 amide bonds. The summed E-state index contributed by atoms with van der Waals surface area (Å²) in [4.78, 5) is 27.8. The first-order valence-corrected chi connectivity index (χ1v) is 7.75. The van der Waals surface area contributed by atoms with E-state index in [1.54, 1.807) is 42.1 Å². The van der Waals surface area contributed by atoms with Gasteiger partial charge >= 0.3 is 0 Å². The second-order valence-electron chi connectivity index (χ2n) is 5.54. The third kappa shape index (κ3) is 3.56. The van der Waals surface area contributed by atoms with E-state index in [4.69, 9.17) is 5.73 Å². The summed E-state index contributed by atoms with van der Waals surface area (Å²) in [7, 11) is 3.54. The Morgan fingerprint density at radius 2 is 1.90 bits per heavy atom. The molecule has 0 atom stereocenters. The minimum atomic E-state index is -0.0232. The largest absolute Gasteiger partial charge is 0.398 e. The molecule has 5 nitrogen and oxygen atoms in total. The molecule has 1 heterocycles. The van der Waals surface area contributed by atoms with Crippen LogP contribution in [0.2, 0.25) is 0 Å². The number of halogens is 1. The normalized spacial score (nSPS) is 15.9. The number of rotatable bonds is 2. The minimum Gasteiger partial charge on any atom is -0.398 e. The first-order valence-electron chi connectivity index (χ1n) is 6.95. The lowest BCUT2D eigenvalue weighted by molar-refractivity contribution is -0.134. The predicted molar refractivity (Wildman–Crippen MR) is 85.9 cm³/mol. The van der Waals surface area contributed by atoms with Gasteiger partial charge in [-0.3, -0.25) is 9.59 Å². The average molecular weight is 354 g/mol. The van der Waals surface area contributed by atoms with Gasteiger partial charge in [0.1, 0.15) is 0 Å². The van der Waals surface area contributed by atoms with Crippen molar-refractivity contribution in [2.24, 2.45) is 5.92 Å². The molecular formula is C15H20BrN3O2. The number of anilines is 1. The molecule has 0 spiro atoms. The molecule has 1 aromatic carbocycles. The highest BCUT2D eigenvalue weighted by molar-refractivity contribution is 9.10. The number of benzene rings is 1. The maximum absolute atomic E-state index is 12.4. The Morgan fingerprint density at radius 3 is 2.43 bits per heavy atom. The van der Waals surface area contributed by atoms with Gasteiger partial charge in [0.25, 0.3) is 5.91 Å². The van der Waals surface area contributed by atoms with E-state index in [2.05, 4.69) is 15.9 Å². The molecule has 2 rings (SSSR count). The molecule has 0 aliphatic carbocycles. The summed E-state index contributed by atoms with van der Waals surface area (Å²) in [5, 5.41) is 0. The van der Waals surface area contributed by atoms with Crippen LogP contribution < -0.4 is 5.73 Å². The first-order chi connectivity index (χ1) is 9.90. The molecule has 1 aliphatic heterocycles. The number of nitrogens with two attached hydrogens (primary N) is 1. The molecule has 0 radical (unpaired) electrons. The second kappa shape index (κ2) is 6.47. The van der Waals surface area contributed by atoms with Crippen LogP contribution in [-0.4, -0.2) is 48.8 Å². The Balaban J connectivity index is 2.00. The molecule has 1 fully saturated rings. The third-order valence-corrected chi connectivity index (χ3v) is 4.54.